The Kier molecular flexibility index (Phi) is 1.79. The highest BCUT2D eigenvalue weighted by Crippen LogP contribution is 2.53. The van der Waals surface area contributed by atoms with Crippen molar-refractivity contribution in [2.24, 2.45) is 11.3 Å². The number of carbonyl (C=O) groups excluding carboxylic acids is 1. The predicted molar refractivity (Wildman–Crippen MR) is 61.7 cm³/mol. The topological polar surface area (TPSA) is 26.3 Å². The lowest BCUT2D eigenvalue weighted by Crippen LogP contribution is -2.35. The molecule has 2 nitrogen and oxygen atoms in total. The number of fused-ring (bicyclic) bond motifs is 1. The maximum Gasteiger partial charge on any atom is 0.314 e. The van der Waals surface area contributed by atoms with Crippen LogP contribution in [0.2, 0.25) is 0 Å². The zero-order valence-electron chi connectivity index (χ0n) is 9.49. The van der Waals surface area contributed by atoms with Gasteiger partial charge in [0.2, 0.25) is 0 Å². The average Bonchev–Trinajstić information content (AvgIpc) is 2.45. The van der Waals surface area contributed by atoms with Gasteiger partial charge in [0.1, 0.15) is 6.61 Å². The van der Waals surface area contributed by atoms with Crippen molar-refractivity contribution in [2.45, 2.75) is 13.8 Å². The van der Waals surface area contributed by atoms with E-state index in [1.54, 1.807) is 0 Å². The van der Waals surface area contributed by atoms with E-state index in [2.05, 4.69) is 44.2 Å². The molecule has 0 spiro atoms. The third-order valence-corrected chi connectivity index (χ3v) is 3.60. The van der Waals surface area contributed by atoms with Crippen LogP contribution < -0.4 is 0 Å². The van der Waals surface area contributed by atoms with Gasteiger partial charge in [-0.15, -0.1) is 0 Å². The highest BCUT2D eigenvalue weighted by molar-refractivity contribution is 5.96. The molecule has 3 rings (SSSR count). The lowest BCUT2D eigenvalue weighted by Gasteiger charge is -2.36. The zero-order chi connectivity index (χ0) is 11.3. The molecule has 0 radical (unpaired) electrons. The molecule has 1 aromatic carbocycles. The second kappa shape index (κ2) is 2.97. The van der Waals surface area contributed by atoms with Gasteiger partial charge >= 0.3 is 5.97 Å². The first-order chi connectivity index (χ1) is 7.60. The summed E-state index contributed by atoms with van der Waals surface area (Å²) in [7, 11) is 0. The molecule has 1 heterocycles. The summed E-state index contributed by atoms with van der Waals surface area (Å²) in [5.74, 6) is -0.115. The summed E-state index contributed by atoms with van der Waals surface area (Å²) in [4.78, 5) is 11.6. The summed E-state index contributed by atoms with van der Waals surface area (Å²) in [6.07, 6.45) is 2.17. The highest BCUT2D eigenvalue weighted by Gasteiger charge is 2.54. The van der Waals surface area contributed by atoms with Crippen molar-refractivity contribution < 1.29 is 9.53 Å². The minimum atomic E-state index is -0.0689. The van der Waals surface area contributed by atoms with Crippen molar-refractivity contribution >= 4 is 11.5 Å². The number of ether oxygens (including phenoxy) is 1. The normalized spacial score (nSPS) is 31.5. The lowest BCUT2D eigenvalue weighted by molar-refractivity contribution is -0.139. The molecule has 0 N–H and O–H groups in total. The molecule has 2 aliphatic rings. The van der Waals surface area contributed by atoms with Crippen molar-refractivity contribution in [2.75, 3.05) is 6.61 Å². The first-order valence-electron chi connectivity index (χ1n) is 5.57. The van der Waals surface area contributed by atoms with E-state index in [0.717, 1.165) is 11.1 Å². The molecule has 2 heteroatoms. The molecule has 1 aromatic rings. The molecule has 1 unspecified atom stereocenters. The Morgan fingerprint density at radius 2 is 2.00 bits per heavy atom. The molecular formula is C14H14O2. The average molecular weight is 214 g/mol. The van der Waals surface area contributed by atoms with Crippen molar-refractivity contribution in [1.29, 1.82) is 0 Å². The number of cyclic esters (lactones) is 1. The summed E-state index contributed by atoms with van der Waals surface area (Å²) in [6.45, 7) is 4.68. The van der Waals surface area contributed by atoms with Gasteiger partial charge in [0.05, 0.1) is 5.92 Å². The largest absolute Gasteiger partial charge is 0.464 e. The Labute approximate surface area is 94.9 Å². The van der Waals surface area contributed by atoms with Gasteiger partial charge in [-0.25, -0.2) is 0 Å². The molecule has 1 aliphatic heterocycles. The fourth-order valence-electron chi connectivity index (χ4n) is 2.61. The number of carbonyl (C=O) groups is 1. The van der Waals surface area contributed by atoms with Gasteiger partial charge in [-0.2, -0.15) is 0 Å². The van der Waals surface area contributed by atoms with Crippen molar-refractivity contribution in [3.63, 3.8) is 0 Å². The number of benzene rings is 1. The molecule has 0 bridgehead atoms. The maximum absolute atomic E-state index is 11.6. The zero-order valence-corrected chi connectivity index (χ0v) is 9.49. The van der Waals surface area contributed by atoms with Crippen LogP contribution in [0.3, 0.4) is 0 Å². The molecule has 1 fully saturated rings. The first kappa shape index (κ1) is 9.64. The van der Waals surface area contributed by atoms with Crippen molar-refractivity contribution in [3.05, 3.63) is 41.5 Å². The molecule has 1 aliphatic carbocycles. The van der Waals surface area contributed by atoms with Crippen LogP contribution in [0, 0.1) is 18.3 Å². The van der Waals surface area contributed by atoms with Crippen molar-refractivity contribution in [1.82, 2.24) is 0 Å². The van der Waals surface area contributed by atoms with Crippen LogP contribution in [0.25, 0.3) is 5.57 Å². The Morgan fingerprint density at radius 3 is 2.62 bits per heavy atom. The van der Waals surface area contributed by atoms with E-state index >= 15 is 0 Å². The third kappa shape index (κ3) is 1.16. The second-order valence-corrected chi connectivity index (χ2v) is 5.01. The fourth-order valence-corrected chi connectivity index (χ4v) is 2.61. The molecule has 0 saturated carbocycles. The van der Waals surface area contributed by atoms with E-state index in [1.165, 1.54) is 5.56 Å². The van der Waals surface area contributed by atoms with Crippen molar-refractivity contribution in [3.8, 4) is 0 Å². The Bertz CT molecular complexity index is 484. The van der Waals surface area contributed by atoms with Gasteiger partial charge in [0, 0.05) is 5.41 Å². The number of aryl methyl sites for hydroxylation is 1. The summed E-state index contributed by atoms with van der Waals surface area (Å²) in [6, 6.07) is 8.30. The van der Waals surface area contributed by atoms with E-state index in [1.807, 2.05) is 0 Å². The Balaban J connectivity index is 1.99. The van der Waals surface area contributed by atoms with Gasteiger partial charge in [-0.05, 0) is 18.1 Å². The third-order valence-electron chi connectivity index (χ3n) is 3.60. The van der Waals surface area contributed by atoms with Gasteiger partial charge in [0.25, 0.3) is 0 Å². The Morgan fingerprint density at radius 1 is 1.31 bits per heavy atom. The SMILES string of the molecule is Cc1ccc(C2=C[C@]3(C)COC(=O)C23)cc1. The smallest absolute Gasteiger partial charge is 0.314 e. The van der Waals surface area contributed by atoms with E-state index in [4.69, 9.17) is 4.74 Å². The van der Waals surface area contributed by atoms with E-state index < -0.39 is 0 Å². The predicted octanol–water partition coefficient (Wildman–Crippen LogP) is 2.57. The molecule has 16 heavy (non-hydrogen) atoms. The van der Waals surface area contributed by atoms with Crippen LogP contribution in [-0.4, -0.2) is 12.6 Å². The maximum atomic E-state index is 11.6. The standard InChI is InChI=1S/C14H14O2/c1-9-3-5-10(6-4-9)11-7-14(2)8-16-13(15)12(11)14/h3-7,12H,8H2,1-2H3/t12?,14-/m1/s1. The Hall–Kier alpha value is -1.57. The van der Waals surface area contributed by atoms with Gasteiger partial charge in [-0.1, -0.05) is 42.8 Å². The molecule has 0 amide bonds. The summed E-state index contributed by atoms with van der Waals surface area (Å²) >= 11 is 0. The lowest BCUT2D eigenvalue weighted by atomic mass is 9.63. The molecule has 2 atom stereocenters. The molecule has 82 valence electrons. The summed E-state index contributed by atoms with van der Waals surface area (Å²) < 4.78 is 5.13. The number of rotatable bonds is 1. The molecular weight excluding hydrogens is 200 g/mol. The van der Waals surface area contributed by atoms with Crippen LogP contribution in [0.5, 0.6) is 0 Å². The van der Waals surface area contributed by atoms with Crippen LogP contribution in [0.4, 0.5) is 0 Å². The van der Waals surface area contributed by atoms with Crippen LogP contribution in [0.1, 0.15) is 18.1 Å². The fraction of sp³-hybridized carbons (Fsp3) is 0.357. The van der Waals surface area contributed by atoms with Crippen LogP contribution in [0.15, 0.2) is 30.3 Å². The first-order valence-corrected chi connectivity index (χ1v) is 5.57. The highest BCUT2D eigenvalue weighted by atomic mass is 16.5. The van der Waals surface area contributed by atoms with Gasteiger partial charge in [0.15, 0.2) is 0 Å². The summed E-state index contributed by atoms with van der Waals surface area (Å²) in [5, 5.41) is 0. The van der Waals surface area contributed by atoms with Crippen LogP contribution >= 0.6 is 0 Å². The van der Waals surface area contributed by atoms with E-state index in [9.17, 15) is 4.79 Å². The van der Waals surface area contributed by atoms with E-state index in [0.29, 0.717) is 6.61 Å². The molecule has 0 aromatic heterocycles. The van der Waals surface area contributed by atoms with E-state index in [-0.39, 0.29) is 17.3 Å². The van der Waals surface area contributed by atoms with Gasteiger partial charge < -0.3 is 4.74 Å². The molecule has 1 saturated heterocycles. The number of esters is 1. The van der Waals surface area contributed by atoms with Crippen LogP contribution in [-0.2, 0) is 9.53 Å². The monoisotopic (exact) mass is 214 g/mol. The number of hydrogen-bond acceptors (Lipinski definition) is 2. The van der Waals surface area contributed by atoms with Gasteiger partial charge in [-0.3, -0.25) is 4.79 Å². The minimum Gasteiger partial charge on any atom is -0.464 e. The summed E-state index contributed by atoms with van der Waals surface area (Å²) in [5.41, 5.74) is 3.45. The quantitative estimate of drug-likeness (QED) is 0.671. The number of hydrogen-bond donors (Lipinski definition) is 0. The second-order valence-electron chi connectivity index (χ2n) is 5.01. The minimum absolute atomic E-state index is 0.0461.